The molecule has 0 radical (unpaired) electrons. The normalized spacial score (nSPS) is 14.6. The van der Waals surface area contributed by atoms with Crippen molar-refractivity contribution in [3.05, 3.63) is 30.5 Å². The van der Waals surface area contributed by atoms with Crippen LogP contribution in [0, 0.1) is 0 Å². The van der Waals surface area contributed by atoms with Gasteiger partial charge in [-0.1, -0.05) is 0 Å². The topological polar surface area (TPSA) is 60.8 Å². The zero-order valence-electron chi connectivity index (χ0n) is 9.50. The van der Waals surface area contributed by atoms with Crippen molar-refractivity contribution in [2.24, 2.45) is 0 Å². The molecule has 5 heteroatoms. The van der Waals surface area contributed by atoms with Crippen LogP contribution in [0.25, 0.3) is 11.3 Å². The number of rotatable bonds is 3. The molecule has 0 unspecified atom stereocenters. The largest absolute Gasteiger partial charge is 0.467 e. The molecular weight excluding hydrogens is 216 g/mol. The highest BCUT2D eigenvalue weighted by Gasteiger charge is 2.26. The maximum absolute atomic E-state index is 4.99. The zero-order chi connectivity index (χ0) is 11.7. The van der Waals surface area contributed by atoms with Crippen molar-refractivity contribution in [2.45, 2.75) is 18.8 Å². The highest BCUT2D eigenvalue weighted by atomic mass is 16.5. The lowest BCUT2D eigenvalue weighted by molar-refractivity contribution is 0.380. The van der Waals surface area contributed by atoms with Gasteiger partial charge in [-0.2, -0.15) is 4.98 Å². The van der Waals surface area contributed by atoms with Gasteiger partial charge < -0.3 is 4.74 Å². The lowest BCUT2D eigenvalue weighted by atomic mass is 10.2. The van der Waals surface area contributed by atoms with E-state index in [-0.39, 0.29) is 0 Å². The standard InChI is InChI=1S/C12H12N4O/c1-17-12-13-5-4-10(16-12)9-6-14-11(15-7-9)8-2-3-8/h4-8H,2-3H2,1H3. The van der Waals surface area contributed by atoms with E-state index in [0.717, 1.165) is 17.1 Å². The first-order valence-electron chi connectivity index (χ1n) is 5.56. The summed E-state index contributed by atoms with van der Waals surface area (Å²) in [4.78, 5) is 16.9. The van der Waals surface area contributed by atoms with Gasteiger partial charge in [0.15, 0.2) is 0 Å². The van der Waals surface area contributed by atoms with E-state index in [9.17, 15) is 0 Å². The maximum atomic E-state index is 4.99. The van der Waals surface area contributed by atoms with Gasteiger partial charge in [0, 0.05) is 30.1 Å². The fraction of sp³-hybridized carbons (Fsp3) is 0.333. The zero-order valence-corrected chi connectivity index (χ0v) is 9.50. The van der Waals surface area contributed by atoms with Crippen LogP contribution in [0.4, 0.5) is 0 Å². The van der Waals surface area contributed by atoms with Crippen LogP contribution in [-0.2, 0) is 0 Å². The Kier molecular flexibility index (Phi) is 2.44. The van der Waals surface area contributed by atoms with Crippen molar-refractivity contribution in [3.8, 4) is 17.3 Å². The van der Waals surface area contributed by atoms with E-state index < -0.39 is 0 Å². The van der Waals surface area contributed by atoms with Gasteiger partial charge in [-0.05, 0) is 18.9 Å². The SMILES string of the molecule is COc1nccc(-c2cnc(C3CC3)nc2)n1. The number of aromatic nitrogens is 4. The summed E-state index contributed by atoms with van der Waals surface area (Å²) in [5, 5.41) is 0. The van der Waals surface area contributed by atoms with E-state index in [0.29, 0.717) is 11.9 Å². The minimum atomic E-state index is 0.355. The van der Waals surface area contributed by atoms with Crippen LogP contribution in [0.3, 0.4) is 0 Å². The highest BCUT2D eigenvalue weighted by molar-refractivity contribution is 5.56. The Labute approximate surface area is 98.9 Å². The third kappa shape index (κ3) is 2.08. The Balaban J connectivity index is 1.91. The van der Waals surface area contributed by atoms with Crippen LogP contribution in [0.15, 0.2) is 24.7 Å². The Morgan fingerprint density at radius 1 is 1.18 bits per heavy atom. The second-order valence-electron chi connectivity index (χ2n) is 4.03. The van der Waals surface area contributed by atoms with Crippen LogP contribution < -0.4 is 4.74 Å². The molecule has 0 spiro atoms. The number of hydrogen-bond acceptors (Lipinski definition) is 5. The first kappa shape index (κ1) is 10.1. The third-order valence-corrected chi connectivity index (χ3v) is 2.73. The summed E-state index contributed by atoms with van der Waals surface area (Å²) in [5.74, 6) is 1.51. The monoisotopic (exact) mass is 228 g/mol. The van der Waals surface area contributed by atoms with E-state index in [2.05, 4.69) is 19.9 Å². The first-order chi connectivity index (χ1) is 8.36. The Bertz CT molecular complexity index is 522. The molecule has 1 aliphatic carbocycles. The molecule has 5 nitrogen and oxygen atoms in total. The molecule has 0 saturated heterocycles. The summed E-state index contributed by atoms with van der Waals surface area (Å²) in [6.07, 6.45) is 7.70. The molecule has 0 aliphatic heterocycles. The van der Waals surface area contributed by atoms with Crippen molar-refractivity contribution in [1.82, 2.24) is 19.9 Å². The Hall–Kier alpha value is -2.04. The average molecular weight is 228 g/mol. The fourth-order valence-electron chi connectivity index (χ4n) is 1.62. The van der Waals surface area contributed by atoms with Crippen molar-refractivity contribution >= 4 is 0 Å². The smallest absolute Gasteiger partial charge is 0.316 e. The van der Waals surface area contributed by atoms with Gasteiger partial charge in [0.2, 0.25) is 0 Å². The molecular formula is C12H12N4O. The molecule has 1 aliphatic rings. The Morgan fingerprint density at radius 3 is 2.59 bits per heavy atom. The molecule has 86 valence electrons. The minimum absolute atomic E-state index is 0.355. The first-order valence-corrected chi connectivity index (χ1v) is 5.56. The summed E-state index contributed by atoms with van der Waals surface area (Å²) in [7, 11) is 1.55. The molecule has 0 N–H and O–H groups in total. The fourth-order valence-corrected chi connectivity index (χ4v) is 1.62. The lowest BCUT2D eigenvalue weighted by Crippen LogP contribution is -1.95. The molecule has 2 aromatic heterocycles. The summed E-state index contributed by atoms with van der Waals surface area (Å²) in [6, 6.07) is 2.17. The summed E-state index contributed by atoms with van der Waals surface area (Å²) < 4.78 is 4.99. The van der Waals surface area contributed by atoms with E-state index in [4.69, 9.17) is 4.74 Å². The Morgan fingerprint density at radius 2 is 1.94 bits per heavy atom. The maximum Gasteiger partial charge on any atom is 0.316 e. The van der Waals surface area contributed by atoms with Crippen LogP contribution in [-0.4, -0.2) is 27.0 Å². The molecule has 3 rings (SSSR count). The predicted molar refractivity (Wildman–Crippen MR) is 61.6 cm³/mol. The van der Waals surface area contributed by atoms with Gasteiger partial charge >= 0.3 is 6.01 Å². The van der Waals surface area contributed by atoms with Crippen molar-refractivity contribution < 1.29 is 4.74 Å². The third-order valence-electron chi connectivity index (χ3n) is 2.73. The molecule has 2 heterocycles. The van der Waals surface area contributed by atoms with E-state index in [1.807, 2.05) is 18.5 Å². The number of hydrogen-bond donors (Lipinski definition) is 0. The predicted octanol–water partition coefficient (Wildman–Crippen LogP) is 1.82. The van der Waals surface area contributed by atoms with Crippen LogP contribution in [0.1, 0.15) is 24.6 Å². The number of methoxy groups -OCH3 is 1. The average Bonchev–Trinajstić information content (AvgIpc) is 3.23. The summed E-state index contributed by atoms with van der Waals surface area (Å²) >= 11 is 0. The van der Waals surface area contributed by atoms with Crippen molar-refractivity contribution in [2.75, 3.05) is 7.11 Å². The second kappa shape index (κ2) is 4.08. The minimum Gasteiger partial charge on any atom is -0.467 e. The lowest BCUT2D eigenvalue weighted by Gasteiger charge is -2.02. The molecule has 0 aromatic carbocycles. The molecule has 1 fully saturated rings. The summed E-state index contributed by atoms with van der Waals surface area (Å²) in [5.41, 5.74) is 1.66. The molecule has 1 saturated carbocycles. The van der Waals surface area contributed by atoms with Crippen LogP contribution in [0.2, 0.25) is 0 Å². The summed E-state index contributed by atoms with van der Waals surface area (Å²) in [6.45, 7) is 0. The van der Waals surface area contributed by atoms with Crippen LogP contribution >= 0.6 is 0 Å². The van der Waals surface area contributed by atoms with Gasteiger partial charge in [0.1, 0.15) is 5.82 Å². The number of nitrogens with zero attached hydrogens (tertiary/aromatic N) is 4. The quantitative estimate of drug-likeness (QED) is 0.801. The number of ether oxygens (including phenoxy) is 1. The van der Waals surface area contributed by atoms with Crippen molar-refractivity contribution in [1.29, 1.82) is 0 Å². The van der Waals surface area contributed by atoms with Crippen LogP contribution in [0.5, 0.6) is 6.01 Å². The van der Waals surface area contributed by atoms with Gasteiger partial charge in [-0.25, -0.2) is 15.0 Å². The van der Waals surface area contributed by atoms with E-state index in [1.165, 1.54) is 12.8 Å². The molecule has 0 amide bonds. The molecule has 2 aromatic rings. The molecule has 0 atom stereocenters. The second-order valence-corrected chi connectivity index (χ2v) is 4.03. The van der Waals surface area contributed by atoms with Gasteiger partial charge in [0.05, 0.1) is 12.8 Å². The van der Waals surface area contributed by atoms with E-state index >= 15 is 0 Å². The highest BCUT2D eigenvalue weighted by Crippen LogP contribution is 2.37. The van der Waals surface area contributed by atoms with Crippen molar-refractivity contribution in [3.63, 3.8) is 0 Å². The molecule has 0 bridgehead atoms. The van der Waals surface area contributed by atoms with Gasteiger partial charge in [0.25, 0.3) is 0 Å². The van der Waals surface area contributed by atoms with Gasteiger partial charge in [-0.3, -0.25) is 0 Å². The van der Waals surface area contributed by atoms with E-state index in [1.54, 1.807) is 13.3 Å². The van der Waals surface area contributed by atoms with Gasteiger partial charge in [-0.15, -0.1) is 0 Å². The molecule has 17 heavy (non-hydrogen) atoms.